The van der Waals surface area contributed by atoms with Crippen molar-refractivity contribution in [1.29, 1.82) is 0 Å². The summed E-state index contributed by atoms with van der Waals surface area (Å²) >= 11 is 1.57. The lowest BCUT2D eigenvalue weighted by molar-refractivity contribution is -0.131. The van der Waals surface area contributed by atoms with Crippen molar-refractivity contribution in [2.75, 3.05) is 19.6 Å². The van der Waals surface area contributed by atoms with Gasteiger partial charge in [0.05, 0.1) is 6.54 Å². The van der Waals surface area contributed by atoms with Crippen LogP contribution >= 0.6 is 11.3 Å². The smallest absolute Gasteiger partial charge is 0.244 e. The van der Waals surface area contributed by atoms with Gasteiger partial charge in [0.2, 0.25) is 11.8 Å². The van der Waals surface area contributed by atoms with E-state index in [1.807, 2.05) is 17.5 Å². The SMILES string of the molecule is O=C(/C=C/c1cccs1)NCC(=O)N1CCCC1. The van der Waals surface area contributed by atoms with Crippen molar-refractivity contribution < 1.29 is 9.59 Å². The molecule has 2 amide bonds. The van der Waals surface area contributed by atoms with Crippen LogP contribution in [0.4, 0.5) is 0 Å². The zero-order valence-corrected chi connectivity index (χ0v) is 10.9. The molecule has 1 N–H and O–H groups in total. The molecule has 0 bridgehead atoms. The molecule has 0 spiro atoms. The Bertz CT molecular complexity index is 434. The van der Waals surface area contributed by atoms with Crippen molar-refractivity contribution in [3.8, 4) is 0 Å². The summed E-state index contributed by atoms with van der Waals surface area (Å²) in [5.41, 5.74) is 0. The lowest BCUT2D eigenvalue weighted by atomic mass is 10.4. The molecule has 96 valence electrons. The normalized spacial score (nSPS) is 15.2. The first-order chi connectivity index (χ1) is 8.75. The third-order valence-electron chi connectivity index (χ3n) is 2.81. The highest BCUT2D eigenvalue weighted by molar-refractivity contribution is 7.10. The molecule has 0 atom stereocenters. The van der Waals surface area contributed by atoms with Crippen molar-refractivity contribution in [3.05, 3.63) is 28.5 Å². The van der Waals surface area contributed by atoms with Gasteiger partial charge in [0.15, 0.2) is 0 Å². The van der Waals surface area contributed by atoms with E-state index in [-0.39, 0.29) is 18.4 Å². The second-order valence-corrected chi connectivity index (χ2v) is 5.13. The van der Waals surface area contributed by atoms with Crippen LogP contribution in [-0.4, -0.2) is 36.3 Å². The minimum atomic E-state index is -0.226. The van der Waals surface area contributed by atoms with Crippen LogP contribution < -0.4 is 5.32 Å². The van der Waals surface area contributed by atoms with Gasteiger partial charge in [0, 0.05) is 24.0 Å². The molecule has 1 aromatic rings. The maximum absolute atomic E-state index is 11.7. The zero-order chi connectivity index (χ0) is 12.8. The van der Waals surface area contributed by atoms with Crippen LogP contribution in [0, 0.1) is 0 Å². The Hall–Kier alpha value is -1.62. The van der Waals surface area contributed by atoms with E-state index in [9.17, 15) is 9.59 Å². The molecule has 18 heavy (non-hydrogen) atoms. The Kier molecular flexibility index (Phi) is 4.52. The number of nitrogens with zero attached hydrogens (tertiary/aromatic N) is 1. The summed E-state index contributed by atoms with van der Waals surface area (Å²) in [6.45, 7) is 1.73. The lowest BCUT2D eigenvalue weighted by Crippen LogP contribution is -2.38. The van der Waals surface area contributed by atoms with Gasteiger partial charge in [-0.2, -0.15) is 0 Å². The molecule has 0 unspecified atom stereocenters. The van der Waals surface area contributed by atoms with E-state index in [0.717, 1.165) is 30.8 Å². The number of rotatable bonds is 4. The first-order valence-electron chi connectivity index (χ1n) is 6.03. The number of thiophene rings is 1. The van der Waals surface area contributed by atoms with E-state index in [2.05, 4.69) is 5.32 Å². The maximum atomic E-state index is 11.7. The summed E-state index contributed by atoms with van der Waals surface area (Å²) in [6, 6.07) is 3.86. The number of nitrogens with one attached hydrogen (secondary N) is 1. The van der Waals surface area contributed by atoms with Gasteiger partial charge in [-0.05, 0) is 30.4 Å². The minimum Gasteiger partial charge on any atom is -0.343 e. The molecule has 1 aromatic heterocycles. The summed E-state index contributed by atoms with van der Waals surface area (Å²) in [5, 5.41) is 4.56. The van der Waals surface area contributed by atoms with Crippen LogP contribution in [0.3, 0.4) is 0 Å². The quantitative estimate of drug-likeness (QED) is 0.838. The molecule has 1 fully saturated rings. The Balaban J connectivity index is 1.73. The lowest BCUT2D eigenvalue weighted by Gasteiger charge is -2.14. The summed E-state index contributed by atoms with van der Waals surface area (Å²) in [6.07, 6.45) is 5.35. The molecule has 5 heteroatoms. The van der Waals surface area contributed by atoms with Crippen LogP contribution in [0.5, 0.6) is 0 Å². The fraction of sp³-hybridized carbons (Fsp3) is 0.385. The third-order valence-corrected chi connectivity index (χ3v) is 3.65. The molecule has 0 aromatic carbocycles. The summed E-state index contributed by atoms with van der Waals surface area (Å²) < 4.78 is 0. The summed E-state index contributed by atoms with van der Waals surface area (Å²) in [7, 11) is 0. The number of hydrogen-bond donors (Lipinski definition) is 1. The maximum Gasteiger partial charge on any atom is 0.244 e. The average molecular weight is 264 g/mol. The van der Waals surface area contributed by atoms with Gasteiger partial charge in [0.1, 0.15) is 0 Å². The van der Waals surface area contributed by atoms with Crippen molar-refractivity contribution in [3.63, 3.8) is 0 Å². The predicted octanol–water partition coefficient (Wildman–Crippen LogP) is 1.50. The van der Waals surface area contributed by atoms with Gasteiger partial charge in [0.25, 0.3) is 0 Å². The Morgan fingerprint density at radius 1 is 1.39 bits per heavy atom. The fourth-order valence-electron chi connectivity index (χ4n) is 1.84. The molecule has 4 nitrogen and oxygen atoms in total. The van der Waals surface area contributed by atoms with Crippen LogP contribution in [0.25, 0.3) is 6.08 Å². The molecule has 1 saturated heterocycles. The van der Waals surface area contributed by atoms with E-state index in [0.29, 0.717) is 0 Å². The molecular weight excluding hydrogens is 248 g/mol. The Labute approximate surface area is 110 Å². The number of carbonyl (C=O) groups is 2. The standard InChI is InChI=1S/C13H16N2O2S/c16-12(6-5-11-4-3-9-18-11)14-10-13(17)15-7-1-2-8-15/h3-6,9H,1-2,7-8,10H2,(H,14,16)/b6-5+. The average Bonchev–Trinajstić information content (AvgIpc) is 3.05. The number of likely N-dealkylation sites (tertiary alicyclic amines) is 1. The second-order valence-electron chi connectivity index (χ2n) is 4.15. The Morgan fingerprint density at radius 3 is 2.83 bits per heavy atom. The van der Waals surface area contributed by atoms with Crippen LogP contribution in [0.2, 0.25) is 0 Å². The zero-order valence-electron chi connectivity index (χ0n) is 10.1. The summed E-state index contributed by atoms with van der Waals surface area (Å²) in [4.78, 5) is 26.0. The number of amides is 2. The van der Waals surface area contributed by atoms with Crippen molar-refractivity contribution in [2.45, 2.75) is 12.8 Å². The summed E-state index contributed by atoms with van der Waals surface area (Å²) in [5.74, 6) is -0.221. The number of carbonyl (C=O) groups excluding carboxylic acids is 2. The fourth-order valence-corrected chi connectivity index (χ4v) is 2.46. The largest absolute Gasteiger partial charge is 0.343 e. The van der Waals surface area contributed by atoms with Crippen molar-refractivity contribution in [1.82, 2.24) is 10.2 Å². The monoisotopic (exact) mass is 264 g/mol. The first kappa shape index (κ1) is 12.8. The van der Waals surface area contributed by atoms with E-state index < -0.39 is 0 Å². The van der Waals surface area contributed by atoms with Crippen LogP contribution in [0.15, 0.2) is 23.6 Å². The minimum absolute atomic E-state index is 0.00498. The highest BCUT2D eigenvalue weighted by Crippen LogP contribution is 2.10. The van der Waals surface area contributed by atoms with E-state index in [1.165, 1.54) is 6.08 Å². The molecule has 0 saturated carbocycles. The van der Waals surface area contributed by atoms with E-state index >= 15 is 0 Å². The molecule has 0 radical (unpaired) electrons. The van der Waals surface area contributed by atoms with Crippen molar-refractivity contribution in [2.24, 2.45) is 0 Å². The molecule has 1 aliphatic rings. The molecular formula is C13H16N2O2S. The highest BCUT2D eigenvalue weighted by Gasteiger charge is 2.17. The molecule has 2 rings (SSSR count). The first-order valence-corrected chi connectivity index (χ1v) is 6.91. The Morgan fingerprint density at radius 2 is 2.17 bits per heavy atom. The van der Waals surface area contributed by atoms with Gasteiger partial charge in [-0.25, -0.2) is 0 Å². The van der Waals surface area contributed by atoms with Gasteiger partial charge in [-0.3, -0.25) is 9.59 Å². The van der Waals surface area contributed by atoms with Crippen LogP contribution in [0.1, 0.15) is 17.7 Å². The van der Waals surface area contributed by atoms with Gasteiger partial charge in [-0.1, -0.05) is 6.07 Å². The second kappa shape index (κ2) is 6.35. The molecule has 2 heterocycles. The third kappa shape index (κ3) is 3.70. The molecule has 1 aliphatic heterocycles. The topological polar surface area (TPSA) is 49.4 Å². The van der Waals surface area contributed by atoms with E-state index in [4.69, 9.17) is 0 Å². The van der Waals surface area contributed by atoms with Crippen LogP contribution in [-0.2, 0) is 9.59 Å². The number of hydrogen-bond acceptors (Lipinski definition) is 3. The van der Waals surface area contributed by atoms with Gasteiger partial charge in [-0.15, -0.1) is 11.3 Å². The van der Waals surface area contributed by atoms with Gasteiger partial charge < -0.3 is 10.2 Å². The highest BCUT2D eigenvalue weighted by atomic mass is 32.1. The van der Waals surface area contributed by atoms with E-state index in [1.54, 1.807) is 22.3 Å². The molecule has 0 aliphatic carbocycles. The predicted molar refractivity (Wildman–Crippen MR) is 72.2 cm³/mol. The van der Waals surface area contributed by atoms with Crippen molar-refractivity contribution >= 4 is 29.2 Å². The van der Waals surface area contributed by atoms with Gasteiger partial charge >= 0.3 is 0 Å².